The van der Waals surface area contributed by atoms with Crippen molar-refractivity contribution in [3.63, 3.8) is 0 Å². The number of aliphatic hydroxyl groups excluding tert-OH is 1. The number of hydrogen-bond acceptors (Lipinski definition) is 3. The molecule has 0 atom stereocenters. The highest BCUT2D eigenvalue weighted by molar-refractivity contribution is 5.97. The zero-order chi connectivity index (χ0) is 15.8. The van der Waals surface area contributed by atoms with Gasteiger partial charge in [0.05, 0.1) is 25.3 Å². The summed E-state index contributed by atoms with van der Waals surface area (Å²) in [6.45, 7) is 0.672. The Hall–Kier alpha value is -1.97. The number of benzene rings is 1. The highest BCUT2D eigenvalue weighted by atomic mass is 19.3. The number of amides is 1. The van der Waals surface area contributed by atoms with Gasteiger partial charge in [0.1, 0.15) is 0 Å². The zero-order valence-electron chi connectivity index (χ0n) is 11.8. The third-order valence-electron chi connectivity index (χ3n) is 2.75. The Balaban J connectivity index is 3.15. The Kier molecular flexibility index (Phi) is 6.79. The van der Waals surface area contributed by atoms with E-state index < -0.39 is 18.9 Å². The van der Waals surface area contributed by atoms with E-state index in [1.54, 1.807) is 25.1 Å². The lowest BCUT2D eigenvalue weighted by atomic mass is 10.0. The number of nitrogens with zero attached hydrogens (tertiary/aromatic N) is 1. The molecule has 0 aromatic heterocycles. The Labute approximate surface area is 122 Å². The summed E-state index contributed by atoms with van der Waals surface area (Å²) in [5.74, 6) is 4.82. The first-order chi connectivity index (χ1) is 9.99. The van der Waals surface area contributed by atoms with E-state index in [0.29, 0.717) is 5.56 Å². The SMILES string of the molecule is Cc1ccc(C#CCN)c(C(=O)N(CCO)CC(F)F)c1. The van der Waals surface area contributed by atoms with Gasteiger partial charge in [0, 0.05) is 12.1 Å². The highest BCUT2D eigenvalue weighted by Gasteiger charge is 2.21. The van der Waals surface area contributed by atoms with Crippen LogP contribution in [0.1, 0.15) is 21.5 Å². The van der Waals surface area contributed by atoms with E-state index >= 15 is 0 Å². The molecule has 1 aromatic carbocycles. The molecule has 0 saturated heterocycles. The molecule has 1 amide bonds. The minimum Gasteiger partial charge on any atom is -0.395 e. The van der Waals surface area contributed by atoms with E-state index in [2.05, 4.69) is 11.8 Å². The van der Waals surface area contributed by atoms with Gasteiger partial charge >= 0.3 is 0 Å². The molecule has 0 aliphatic rings. The zero-order valence-corrected chi connectivity index (χ0v) is 11.8. The van der Waals surface area contributed by atoms with Gasteiger partial charge in [-0.1, -0.05) is 23.5 Å². The van der Waals surface area contributed by atoms with Crippen LogP contribution in [0, 0.1) is 18.8 Å². The minimum absolute atomic E-state index is 0.138. The van der Waals surface area contributed by atoms with Gasteiger partial charge in [-0.05, 0) is 19.1 Å². The van der Waals surface area contributed by atoms with Gasteiger partial charge in [-0.2, -0.15) is 0 Å². The fourth-order valence-corrected chi connectivity index (χ4v) is 1.82. The van der Waals surface area contributed by atoms with Crippen LogP contribution in [-0.2, 0) is 0 Å². The van der Waals surface area contributed by atoms with Gasteiger partial charge in [0.2, 0.25) is 0 Å². The number of nitrogens with two attached hydrogens (primary N) is 1. The molecule has 0 saturated carbocycles. The summed E-state index contributed by atoms with van der Waals surface area (Å²) in [4.78, 5) is 13.3. The fourth-order valence-electron chi connectivity index (χ4n) is 1.82. The number of halogens is 2. The van der Waals surface area contributed by atoms with E-state index in [9.17, 15) is 13.6 Å². The quantitative estimate of drug-likeness (QED) is 0.797. The molecule has 1 aromatic rings. The van der Waals surface area contributed by atoms with Crippen LogP contribution in [-0.4, -0.2) is 48.6 Å². The van der Waals surface area contributed by atoms with Crippen LogP contribution in [0.3, 0.4) is 0 Å². The van der Waals surface area contributed by atoms with Gasteiger partial charge in [-0.3, -0.25) is 4.79 Å². The third kappa shape index (κ3) is 5.14. The van der Waals surface area contributed by atoms with E-state index in [1.165, 1.54) is 0 Å². The molecule has 0 spiro atoms. The van der Waals surface area contributed by atoms with Gasteiger partial charge in [-0.25, -0.2) is 8.78 Å². The number of hydrogen-bond donors (Lipinski definition) is 2. The van der Waals surface area contributed by atoms with Crippen LogP contribution in [0.2, 0.25) is 0 Å². The lowest BCUT2D eigenvalue weighted by Crippen LogP contribution is -2.37. The van der Waals surface area contributed by atoms with Crippen molar-refractivity contribution in [2.75, 3.05) is 26.2 Å². The second-order valence-corrected chi connectivity index (χ2v) is 4.42. The number of rotatable bonds is 5. The molecule has 0 unspecified atom stereocenters. The largest absolute Gasteiger partial charge is 0.395 e. The van der Waals surface area contributed by atoms with Gasteiger partial charge in [0.25, 0.3) is 12.3 Å². The molecule has 114 valence electrons. The first kappa shape index (κ1) is 17.1. The molecule has 0 radical (unpaired) electrons. The van der Waals surface area contributed by atoms with Crippen LogP contribution in [0.5, 0.6) is 0 Å². The maximum atomic E-state index is 12.5. The Morgan fingerprint density at radius 1 is 1.48 bits per heavy atom. The first-order valence-electron chi connectivity index (χ1n) is 6.47. The van der Waals surface area contributed by atoms with Crippen molar-refractivity contribution in [2.24, 2.45) is 5.73 Å². The molecular formula is C15H18F2N2O2. The van der Waals surface area contributed by atoms with Crippen molar-refractivity contribution in [2.45, 2.75) is 13.3 Å². The number of aliphatic hydroxyl groups is 1. The van der Waals surface area contributed by atoms with Crippen LogP contribution in [0.15, 0.2) is 18.2 Å². The standard InChI is InChI=1S/C15H18F2N2O2/c1-11-4-5-12(3-2-6-18)13(9-11)15(21)19(7-8-20)10-14(16)17/h4-5,9,14,20H,6-8,10,18H2,1H3. The second-order valence-electron chi connectivity index (χ2n) is 4.42. The van der Waals surface area contributed by atoms with E-state index in [-0.39, 0.29) is 25.3 Å². The predicted octanol–water partition coefficient (Wildman–Crippen LogP) is 1.00. The van der Waals surface area contributed by atoms with E-state index in [0.717, 1.165) is 10.5 Å². The predicted molar refractivity (Wildman–Crippen MR) is 76.1 cm³/mol. The smallest absolute Gasteiger partial charge is 0.255 e. The van der Waals surface area contributed by atoms with Crippen molar-refractivity contribution in [1.29, 1.82) is 0 Å². The maximum absolute atomic E-state index is 12.5. The lowest BCUT2D eigenvalue weighted by Gasteiger charge is -2.22. The number of carbonyl (C=O) groups excluding carboxylic acids is 1. The van der Waals surface area contributed by atoms with Crippen LogP contribution in [0.25, 0.3) is 0 Å². The van der Waals surface area contributed by atoms with Gasteiger partial charge < -0.3 is 15.7 Å². The van der Waals surface area contributed by atoms with Crippen molar-refractivity contribution in [1.82, 2.24) is 4.90 Å². The first-order valence-corrected chi connectivity index (χ1v) is 6.47. The Morgan fingerprint density at radius 3 is 2.76 bits per heavy atom. The molecular weight excluding hydrogens is 278 g/mol. The average Bonchev–Trinajstić information content (AvgIpc) is 2.44. The summed E-state index contributed by atoms with van der Waals surface area (Å²) < 4.78 is 25.1. The molecule has 4 nitrogen and oxygen atoms in total. The minimum atomic E-state index is -2.66. The summed E-state index contributed by atoms with van der Waals surface area (Å²) in [6.07, 6.45) is -2.66. The summed E-state index contributed by atoms with van der Waals surface area (Å²) in [6, 6.07) is 5.03. The van der Waals surface area contributed by atoms with Crippen molar-refractivity contribution in [3.8, 4) is 11.8 Å². The topological polar surface area (TPSA) is 66.6 Å². The van der Waals surface area contributed by atoms with Crippen LogP contribution >= 0.6 is 0 Å². The summed E-state index contributed by atoms with van der Waals surface area (Å²) >= 11 is 0. The molecule has 3 N–H and O–H groups in total. The van der Waals surface area contributed by atoms with Crippen LogP contribution in [0.4, 0.5) is 8.78 Å². The third-order valence-corrected chi connectivity index (χ3v) is 2.75. The number of aryl methyl sites for hydroxylation is 1. The lowest BCUT2D eigenvalue weighted by molar-refractivity contribution is 0.0509. The van der Waals surface area contributed by atoms with Crippen LogP contribution < -0.4 is 5.73 Å². The van der Waals surface area contributed by atoms with E-state index in [4.69, 9.17) is 10.8 Å². The summed E-state index contributed by atoms with van der Waals surface area (Å²) in [7, 11) is 0. The second kappa shape index (κ2) is 8.35. The number of carbonyl (C=O) groups is 1. The number of alkyl halides is 2. The molecule has 0 aliphatic carbocycles. The molecule has 0 heterocycles. The van der Waals surface area contributed by atoms with Crippen molar-refractivity contribution < 1.29 is 18.7 Å². The Morgan fingerprint density at radius 2 is 2.19 bits per heavy atom. The van der Waals surface area contributed by atoms with Gasteiger partial charge in [0.15, 0.2) is 0 Å². The summed E-state index contributed by atoms with van der Waals surface area (Å²) in [5, 5.41) is 8.93. The Bertz CT molecular complexity index is 550. The molecule has 0 aliphatic heterocycles. The molecule has 21 heavy (non-hydrogen) atoms. The fraction of sp³-hybridized carbons (Fsp3) is 0.400. The van der Waals surface area contributed by atoms with E-state index in [1.807, 2.05) is 0 Å². The molecule has 1 rings (SSSR count). The molecule has 0 bridgehead atoms. The maximum Gasteiger partial charge on any atom is 0.255 e. The molecule has 0 fully saturated rings. The normalized spacial score (nSPS) is 10.2. The van der Waals surface area contributed by atoms with Gasteiger partial charge in [-0.15, -0.1) is 0 Å². The van der Waals surface area contributed by atoms with Crippen molar-refractivity contribution in [3.05, 3.63) is 34.9 Å². The highest BCUT2D eigenvalue weighted by Crippen LogP contribution is 2.14. The molecule has 6 heteroatoms. The summed E-state index contributed by atoms with van der Waals surface area (Å²) in [5.41, 5.74) is 6.80. The van der Waals surface area contributed by atoms with Crippen molar-refractivity contribution >= 4 is 5.91 Å². The monoisotopic (exact) mass is 296 g/mol. The average molecular weight is 296 g/mol.